The smallest absolute Gasteiger partial charge is 0.342 e. The Balaban J connectivity index is 3.92. The maximum atomic E-state index is 12.7. The molecule has 34 heavy (non-hydrogen) atoms. The molecule has 0 atom stereocenters. The van der Waals surface area contributed by atoms with Crippen molar-refractivity contribution in [2.75, 3.05) is 14.2 Å². The van der Waals surface area contributed by atoms with Gasteiger partial charge in [-0.3, -0.25) is 0 Å². The van der Waals surface area contributed by atoms with Crippen LogP contribution in [0, 0.1) is 0 Å². The first-order valence-corrected chi connectivity index (χ1v) is 13.9. The van der Waals surface area contributed by atoms with Crippen LogP contribution in [-0.4, -0.2) is 40.8 Å². The summed E-state index contributed by atoms with van der Waals surface area (Å²) in [4.78, 5) is 12.7. The fourth-order valence-electron chi connectivity index (χ4n) is 3.92. The molecule has 1 radical (unpaired) electrons. The summed E-state index contributed by atoms with van der Waals surface area (Å²) in [5.74, 6) is -0.782. The van der Waals surface area contributed by atoms with E-state index in [-0.39, 0.29) is 43.3 Å². The second-order valence-corrected chi connectivity index (χ2v) is 19.1. The standard InChI is InChI=1S/C26H43O6P2/c1-23(2,3)33(24(4,5)6)31-19-16-20(32-34(25(7,8)9)26(10,11)12)18(22(28)30-14)15-17(19)21(27)29-13/h15H,1-14H3. The molecule has 0 aromatic heterocycles. The highest BCUT2D eigenvalue weighted by atomic mass is 31.1. The van der Waals surface area contributed by atoms with Crippen LogP contribution in [0.1, 0.15) is 83.1 Å². The highest BCUT2D eigenvalue weighted by Gasteiger charge is 2.42. The van der Waals surface area contributed by atoms with Crippen LogP contribution >= 0.6 is 16.3 Å². The minimum Gasteiger partial charge on any atom is -0.465 e. The summed E-state index contributed by atoms with van der Waals surface area (Å²) < 4.78 is 23.1. The number of esters is 1. The number of carbonyl (C=O) groups is 1. The summed E-state index contributed by atoms with van der Waals surface area (Å²) in [7, 11) is 0.436. The Kier molecular flexibility index (Phi) is 9.57. The number of carbonyl (C=O) groups excluding carboxylic acids is 1. The van der Waals surface area contributed by atoms with Gasteiger partial charge in [0.05, 0.1) is 30.5 Å². The SMILES string of the molecule is COC(=O)C1=CC(=C([O])OC)C(OP(C(C)(C)C)C(C)(C)C)=C=C1OP(C(C)(C)C)C(C)(C)C. The van der Waals surface area contributed by atoms with Gasteiger partial charge in [-0.25, -0.2) is 9.90 Å². The van der Waals surface area contributed by atoms with E-state index in [9.17, 15) is 9.90 Å². The van der Waals surface area contributed by atoms with Gasteiger partial charge < -0.3 is 18.5 Å². The van der Waals surface area contributed by atoms with Gasteiger partial charge in [-0.2, -0.15) is 0 Å². The summed E-state index contributed by atoms with van der Waals surface area (Å²) in [6.45, 7) is 25.3. The topological polar surface area (TPSA) is 73.9 Å². The number of hydrogen-bond acceptors (Lipinski definition) is 5. The van der Waals surface area contributed by atoms with Crippen molar-refractivity contribution in [2.45, 2.75) is 104 Å². The fourth-order valence-corrected chi connectivity index (χ4v) is 9.70. The van der Waals surface area contributed by atoms with Crippen molar-refractivity contribution in [1.29, 1.82) is 0 Å². The summed E-state index contributed by atoms with van der Waals surface area (Å²) in [6.07, 6.45) is 1.44. The van der Waals surface area contributed by atoms with Crippen LogP contribution in [0.4, 0.5) is 0 Å². The second-order valence-electron chi connectivity index (χ2n) is 12.2. The fraction of sp³-hybridized carbons (Fsp3) is 0.692. The maximum Gasteiger partial charge on any atom is 0.342 e. The summed E-state index contributed by atoms with van der Waals surface area (Å²) in [5.41, 5.74) is 3.38. The van der Waals surface area contributed by atoms with E-state index in [0.29, 0.717) is 0 Å². The Bertz CT molecular complexity index is 868. The quantitative estimate of drug-likeness (QED) is 0.157. The van der Waals surface area contributed by atoms with Gasteiger partial charge in [-0.1, -0.05) is 83.1 Å². The minimum absolute atomic E-state index is 0.118. The average Bonchev–Trinajstić information content (AvgIpc) is 2.65. The summed E-state index contributed by atoms with van der Waals surface area (Å²) >= 11 is 0. The predicted octanol–water partition coefficient (Wildman–Crippen LogP) is 7.78. The zero-order valence-electron chi connectivity index (χ0n) is 23.4. The molecule has 1 aliphatic rings. The van der Waals surface area contributed by atoms with Gasteiger partial charge >= 0.3 is 11.9 Å². The second kappa shape index (κ2) is 10.7. The molecule has 8 heteroatoms. The van der Waals surface area contributed by atoms with Gasteiger partial charge in [-0.05, 0) is 11.8 Å². The lowest BCUT2D eigenvalue weighted by Gasteiger charge is -2.41. The zero-order chi connectivity index (χ0) is 26.9. The van der Waals surface area contributed by atoms with Crippen molar-refractivity contribution in [1.82, 2.24) is 0 Å². The van der Waals surface area contributed by atoms with E-state index >= 15 is 0 Å². The van der Waals surface area contributed by atoms with Crippen molar-refractivity contribution >= 4 is 22.3 Å². The molecule has 0 saturated carbocycles. The first-order valence-electron chi connectivity index (χ1n) is 11.4. The molecular formula is C26H43O6P2. The molecule has 0 heterocycles. The molecule has 0 aromatic carbocycles. The van der Waals surface area contributed by atoms with Crippen molar-refractivity contribution in [3.05, 3.63) is 40.4 Å². The number of ether oxygens (including phenoxy) is 2. The third kappa shape index (κ3) is 7.77. The van der Waals surface area contributed by atoms with E-state index in [1.165, 1.54) is 20.3 Å². The van der Waals surface area contributed by atoms with E-state index in [0.717, 1.165) is 0 Å². The molecule has 193 valence electrons. The zero-order valence-corrected chi connectivity index (χ0v) is 25.2. The first kappa shape index (κ1) is 30.6. The average molecular weight is 514 g/mol. The van der Waals surface area contributed by atoms with Crippen molar-refractivity contribution in [3.63, 3.8) is 0 Å². The summed E-state index contributed by atoms with van der Waals surface area (Å²) in [6, 6.07) is 0. The van der Waals surface area contributed by atoms with Crippen LogP contribution in [0.2, 0.25) is 0 Å². The van der Waals surface area contributed by atoms with Crippen LogP contribution in [0.3, 0.4) is 0 Å². The first-order chi connectivity index (χ1) is 15.1. The van der Waals surface area contributed by atoms with E-state index in [1.54, 1.807) is 0 Å². The molecular weight excluding hydrogens is 470 g/mol. The Hall–Kier alpha value is -1.47. The van der Waals surface area contributed by atoms with E-state index in [2.05, 4.69) is 88.8 Å². The van der Waals surface area contributed by atoms with Gasteiger partial charge in [0.2, 0.25) is 0 Å². The van der Waals surface area contributed by atoms with Crippen LogP contribution in [0.25, 0.3) is 0 Å². The van der Waals surface area contributed by atoms with Crippen LogP contribution in [-0.2, 0) is 28.4 Å². The summed E-state index contributed by atoms with van der Waals surface area (Å²) in [5, 5.41) is 12.0. The van der Waals surface area contributed by atoms with Gasteiger partial charge in [0, 0.05) is 20.6 Å². The van der Waals surface area contributed by atoms with E-state index in [1.807, 2.05) is 0 Å². The molecule has 6 nitrogen and oxygen atoms in total. The van der Waals surface area contributed by atoms with Crippen LogP contribution < -0.4 is 0 Å². The minimum atomic E-state index is -1.08. The van der Waals surface area contributed by atoms with Crippen LogP contribution in [0.5, 0.6) is 0 Å². The lowest BCUT2D eigenvalue weighted by molar-refractivity contribution is -0.136. The van der Waals surface area contributed by atoms with E-state index < -0.39 is 28.2 Å². The molecule has 1 rings (SSSR count). The lowest BCUT2D eigenvalue weighted by Crippen LogP contribution is -2.27. The Morgan fingerprint density at radius 3 is 1.41 bits per heavy atom. The van der Waals surface area contributed by atoms with Gasteiger partial charge in [0.25, 0.3) is 0 Å². The molecule has 0 saturated heterocycles. The molecule has 0 N–H and O–H groups in total. The monoisotopic (exact) mass is 513 g/mol. The molecule has 0 aliphatic heterocycles. The van der Waals surface area contributed by atoms with Crippen molar-refractivity contribution in [2.24, 2.45) is 0 Å². The molecule has 0 amide bonds. The maximum absolute atomic E-state index is 12.7. The van der Waals surface area contributed by atoms with Gasteiger partial charge in [0.1, 0.15) is 11.1 Å². The largest absolute Gasteiger partial charge is 0.465 e. The number of rotatable bonds is 6. The third-order valence-corrected chi connectivity index (χ3v) is 10.2. The molecule has 1 aliphatic carbocycles. The number of hydrogen-bond donors (Lipinski definition) is 0. The Morgan fingerprint density at radius 1 is 0.706 bits per heavy atom. The molecule has 0 aromatic rings. The highest BCUT2D eigenvalue weighted by molar-refractivity contribution is 7.56. The van der Waals surface area contributed by atoms with Crippen LogP contribution in [0.15, 0.2) is 40.4 Å². The van der Waals surface area contributed by atoms with Crippen molar-refractivity contribution < 1.29 is 28.4 Å². The predicted molar refractivity (Wildman–Crippen MR) is 140 cm³/mol. The van der Waals surface area contributed by atoms with Crippen molar-refractivity contribution in [3.8, 4) is 0 Å². The normalized spacial score (nSPS) is 17.1. The third-order valence-electron chi connectivity index (χ3n) is 4.62. The highest BCUT2D eigenvalue weighted by Crippen LogP contribution is 2.63. The molecule has 0 unspecified atom stereocenters. The van der Waals surface area contributed by atoms with E-state index in [4.69, 9.17) is 18.5 Å². The Labute approximate surface area is 209 Å². The van der Waals surface area contributed by atoms with Gasteiger partial charge in [-0.15, -0.1) is 0 Å². The number of methoxy groups -OCH3 is 2. The Morgan fingerprint density at radius 2 is 1.09 bits per heavy atom. The lowest BCUT2D eigenvalue weighted by atomic mass is 10.0. The molecule has 0 bridgehead atoms. The van der Waals surface area contributed by atoms with Gasteiger partial charge in [0.15, 0.2) is 11.5 Å². The molecule has 0 fully saturated rings. The molecule has 0 spiro atoms.